The highest BCUT2D eigenvalue weighted by Crippen LogP contribution is 2.39. The van der Waals surface area contributed by atoms with Crippen molar-refractivity contribution in [2.24, 2.45) is 11.7 Å². The van der Waals surface area contributed by atoms with Gasteiger partial charge in [0.25, 0.3) is 0 Å². The molecule has 114 valence electrons. The van der Waals surface area contributed by atoms with Gasteiger partial charge in [-0.2, -0.15) is 0 Å². The fourth-order valence-electron chi connectivity index (χ4n) is 3.52. The summed E-state index contributed by atoms with van der Waals surface area (Å²) >= 11 is 0. The lowest BCUT2D eigenvalue weighted by Gasteiger charge is -2.53. The molecule has 3 atom stereocenters. The molecule has 2 saturated heterocycles. The molecule has 0 radical (unpaired) electrons. The summed E-state index contributed by atoms with van der Waals surface area (Å²) in [5.74, 6) is -1.62. The summed E-state index contributed by atoms with van der Waals surface area (Å²) in [4.78, 5) is 12.9. The number of aliphatic hydroxyl groups excluding tert-OH is 1. The monoisotopic (exact) mass is 297 g/mol. The fraction of sp³-hybridized carbons (Fsp3) is 0.500. The van der Waals surface area contributed by atoms with Crippen LogP contribution in [-0.2, 0) is 5.41 Å². The number of fused-ring (bicyclic) bond motifs is 2. The highest BCUT2D eigenvalue weighted by molar-refractivity contribution is 5.72. The number of urea groups is 1. The van der Waals surface area contributed by atoms with Crippen molar-refractivity contribution in [1.29, 1.82) is 0 Å². The Morgan fingerprint density at radius 1 is 1.38 bits per heavy atom. The Bertz CT molecular complexity index is 563. The number of rotatable bonds is 1. The molecule has 1 aromatic rings. The summed E-state index contributed by atoms with van der Waals surface area (Å²) in [5, 5.41) is 13.8. The van der Waals surface area contributed by atoms with Crippen LogP contribution in [0.4, 0.5) is 13.6 Å². The van der Waals surface area contributed by atoms with Crippen LogP contribution in [-0.4, -0.2) is 48.3 Å². The summed E-state index contributed by atoms with van der Waals surface area (Å²) < 4.78 is 27.1. The summed E-state index contributed by atoms with van der Waals surface area (Å²) in [6, 6.07) is 2.62. The molecule has 2 bridgehead atoms. The van der Waals surface area contributed by atoms with Gasteiger partial charge in [-0.1, -0.05) is 0 Å². The van der Waals surface area contributed by atoms with E-state index in [1.54, 1.807) is 0 Å². The third-order valence-electron chi connectivity index (χ3n) is 4.54. The molecule has 2 aliphatic rings. The molecule has 7 heteroatoms. The quantitative estimate of drug-likeness (QED) is 0.692. The van der Waals surface area contributed by atoms with Gasteiger partial charge in [0, 0.05) is 38.2 Å². The maximum absolute atomic E-state index is 13.5. The van der Waals surface area contributed by atoms with Crippen LogP contribution in [0.5, 0.6) is 0 Å². The number of hydrogen-bond acceptors (Lipinski definition) is 3. The molecule has 0 saturated carbocycles. The summed E-state index contributed by atoms with van der Waals surface area (Å²) in [6.45, 7) is 1.33. The van der Waals surface area contributed by atoms with E-state index in [9.17, 15) is 18.7 Å². The molecule has 3 unspecified atom stereocenters. The highest BCUT2D eigenvalue weighted by atomic mass is 19.1. The first-order valence-corrected chi connectivity index (χ1v) is 6.82. The smallest absolute Gasteiger partial charge is 0.314 e. The lowest BCUT2D eigenvalue weighted by molar-refractivity contribution is -0.0489. The minimum Gasteiger partial charge on any atom is -0.392 e. The largest absolute Gasteiger partial charge is 0.392 e. The van der Waals surface area contributed by atoms with Crippen molar-refractivity contribution < 1.29 is 18.7 Å². The number of hydrogen-bond donors (Lipinski definition) is 3. The Balaban J connectivity index is 2.07. The zero-order valence-electron chi connectivity index (χ0n) is 11.4. The van der Waals surface area contributed by atoms with Crippen LogP contribution in [0.25, 0.3) is 0 Å². The van der Waals surface area contributed by atoms with Crippen LogP contribution < -0.4 is 11.1 Å². The first kappa shape index (κ1) is 14.2. The van der Waals surface area contributed by atoms with Crippen molar-refractivity contribution in [3.63, 3.8) is 0 Å². The predicted molar refractivity (Wildman–Crippen MR) is 71.6 cm³/mol. The van der Waals surface area contributed by atoms with Crippen molar-refractivity contribution in [2.45, 2.75) is 11.5 Å². The lowest BCUT2D eigenvalue weighted by Crippen LogP contribution is -2.69. The van der Waals surface area contributed by atoms with E-state index in [0.717, 1.165) is 6.07 Å². The Kier molecular flexibility index (Phi) is 3.33. The van der Waals surface area contributed by atoms with Gasteiger partial charge >= 0.3 is 6.03 Å². The van der Waals surface area contributed by atoms with Gasteiger partial charge < -0.3 is 21.1 Å². The number of carbonyl (C=O) groups excluding carboxylic acids is 1. The van der Waals surface area contributed by atoms with E-state index >= 15 is 0 Å². The van der Waals surface area contributed by atoms with E-state index in [1.165, 1.54) is 17.0 Å². The van der Waals surface area contributed by atoms with E-state index in [4.69, 9.17) is 5.73 Å². The second-order valence-corrected chi connectivity index (χ2v) is 5.87. The van der Waals surface area contributed by atoms with Crippen LogP contribution in [0.15, 0.2) is 18.2 Å². The first-order chi connectivity index (χ1) is 9.92. The number of nitrogens with zero attached hydrogens (tertiary/aromatic N) is 1. The van der Waals surface area contributed by atoms with E-state index in [1.807, 2.05) is 0 Å². The molecule has 2 aliphatic heterocycles. The van der Waals surface area contributed by atoms with E-state index in [-0.39, 0.29) is 12.5 Å². The zero-order valence-corrected chi connectivity index (χ0v) is 11.4. The topological polar surface area (TPSA) is 78.6 Å². The molecule has 1 aromatic carbocycles. The molecule has 21 heavy (non-hydrogen) atoms. The molecular formula is C14H17F2N3O2. The molecule has 4 N–H and O–H groups in total. The number of nitrogens with two attached hydrogens (primary N) is 1. The lowest BCUT2D eigenvalue weighted by atomic mass is 9.66. The molecule has 0 aromatic heterocycles. The van der Waals surface area contributed by atoms with Crippen molar-refractivity contribution in [2.75, 3.05) is 26.2 Å². The average Bonchev–Trinajstić information content (AvgIpc) is 2.37. The number of carbonyl (C=O) groups is 1. The highest BCUT2D eigenvalue weighted by Gasteiger charge is 2.52. The third-order valence-corrected chi connectivity index (χ3v) is 4.54. The minimum absolute atomic E-state index is 0.135. The number of likely N-dealkylation sites (tertiary alicyclic amines) is 1. The first-order valence-electron chi connectivity index (χ1n) is 6.82. The number of piperidine rings is 2. The molecule has 0 spiro atoms. The minimum atomic E-state index is -0.945. The molecule has 2 amide bonds. The summed E-state index contributed by atoms with van der Waals surface area (Å²) in [7, 11) is 0. The van der Waals surface area contributed by atoms with Gasteiger partial charge in [0.1, 0.15) is 11.6 Å². The van der Waals surface area contributed by atoms with Gasteiger partial charge in [-0.3, -0.25) is 0 Å². The average molecular weight is 297 g/mol. The van der Waals surface area contributed by atoms with Gasteiger partial charge in [-0.15, -0.1) is 0 Å². The van der Waals surface area contributed by atoms with Crippen LogP contribution in [0, 0.1) is 17.6 Å². The maximum atomic E-state index is 13.5. The Hall–Kier alpha value is -1.73. The maximum Gasteiger partial charge on any atom is 0.314 e. The van der Waals surface area contributed by atoms with Gasteiger partial charge in [0.15, 0.2) is 0 Å². The van der Waals surface area contributed by atoms with E-state index in [0.29, 0.717) is 25.2 Å². The van der Waals surface area contributed by atoms with Gasteiger partial charge in [-0.25, -0.2) is 13.6 Å². The molecule has 2 fully saturated rings. The number of amides is 2. The van der Waals surface area contributed by atoms with E-state index < -0.39 is 29.2 Å². The zero-order chi connectivity index (χ0) is 15.2. The van der Waals surface area contributed by atoms with Gasteiger partial charge in [-0.05, 0) is 17.7 Å². The Labute approximate surface area is 120 Å². The Morgan fingerprint density at radius 2 is 2.05 bits per heavy atom. The second kappa shape index (κ2) is 4.92. The van der Waals surface area contributed by atoms with Gasteiger partial charge in [0.2, 0.25) is 0 Å². The normalized spacial score (nSPS) is 32.0. The number of halogens is 2. The van der Waals surface area contributed by atoms with Crippen LogP contribution in [0.2, 0.25) is 0 Å². The SMILES string of the molecule is NC(=O)N1CC2CNCC(c3cc(F)cc(F)c3)(C1)C2O. The molecule has 2 heterocycles. The molecule has 5 nitrogen and oxygen atoms in total. The van der Waals surface area contributed by atoms with Crippen molar-refractivity contribution in [3.05, 3.63) is 35.4 Å². The number of aliphatic hydroxyl groups is 1. The molecule has 3 rings (SSSR count). The summed E-state index contributed by atoms with van der Waals surface area (Å²) in [6.07, 6.45) is -0.782. The second-order valence-electron chi connectivity index (χ2n) is 5.87. The van der Waals surface area contributed by atoms with Crippen LogP contribution in [0.3, 0.4) is 0 Å². The van der Waals surface area contributed by atoms with Crippen molar-refractivity contribution in [3.8, 4) is 0 Å². The van der Waals surface area contributed by atoms with Crippen LogP contribution >= 0.6 is 0 Å². The molecule has 0 aliphatic carbocycles. The molecular weight excluding hydrogens is 280 g/mol. The summed E-state index contributed by atoms with van der Waals surface area (Å²) in [5.41, 5.74) is 4.75. The van der Waals surface area contributed by atoms with Gasteiger partial charge in [0.05, 0.1) is 11.5 Å². The van der Waals surface area contributed by atoms with E-state index in [2.05, 4.69) is 5.32 Å². The Morgan fingerprint density at radius 3 is 2.67 bits per heavy atom. The number of nitrogens with one attached hydrogen (secondary N) is 1. The number of primary amides is 1. The van der Waals surface area contributed by atoms with Crippen LogP contribution in [0.1, 0.15) is 5.56 Å². The predicted octanol–water partition coefficient (Wildman–Crippen LogP) is 0.177. The number of benzene rings is 1. The standard InChI is InChI=1S/C14H17F2N3O2/c15-10-1-9(2-11(16)3-10)14-6-18-4-8(12(14)20)5-19(7-14)13(17)21/h1-3,8,12,18,20H,4-7H2,(H2,17,21). The fourth-order valence-corrected chi connectivity index (χ4v) is 3.52. The van der Waals surface area contributed by atoms with Crippen molar-refractivity contribution in [1.82, 2.24) is 10.2 Å². The van der Waals surface area contributed by atoms with Crippen molar-refractivity contribution >= 4 is 6.03 Å². The third kappa shape index (κ3) is 2.26.